The third-order valence-electron chi connectivity index (χ3n) is 8.31. The van der Waals surface area contributed by atoms with Crippen LogP contribution in [0.1, 0.15) is 59.6 Å². The Bertz CT molecular complexity index is 1900. The van der Waals surface area contributed by atoms with E-state index in [0.717, 1.165) is 10.5 Å². The molecule has 3 unspecified atom stereocenters. The number of rotatable bonds is 8. The van der Waals surface area contributed by atoms with Gasteiger partial charge in [0.2, 0.25) is 5.91 Å². The number of anilines is 2. The van der Waals surface area contributed by atoms with Crippen LogP contribution in [0, 0.1) is 30.5 Å². The molecule has 4 aromatic rings. The van der Waals surface area contributed by atoms with Crippen LogP contribution in [0.3, 0.4) is 0 Å². The predicted molar refractivity (Wildman–Crippen MR) is 190 cm³/mol. The minimum absolute atomic E-state index is 0.0464. The lowest BCUT2D eigenvalue weighted by Crippen LogP contribution is -2.44. The van der Waals surface area contributed by atoms with E-state index in [2.05, 4.69) is 15.3 Å². The molecule has 0 bridgehead atoms. The fourth-order valence-corrected chi connectivity index (χ4v) is 5.98. The molecule has 1 fully saturated rings. The monoisotopic (exact) mass is 704 g/mol. The number of benzene rings is 2. The lowest BCUT2D eigenvalue weighted by Gasteiger charge is -2.29. The second-order valence-corrected chi connectivity index (χ2v) is 14.9. The summed E-state index contributed by atoms with van der Waals surface area (Å²) in [5, 5.41) is 3.55. The first-order valence-electron chi connectivity index (χ1n) is 16.4. The summed E-state index contributed by atoms with van der Waals surface area (Å²) in [6.45, 7) is 14.6. The number of ether oxygens (including phenoxy) is 3. The molecule has 10 nitrogen and oxygen atoms in total. The number of hydrogen-bond donors (Lipinski definition) is 1. The lowest BCUT2D eigenvalue weighted by molar-refractivity contribution is -0.118. The van der Waals surface area contributed by atoms with Crippen molar-refractivity contribution in [2.75, 3.05) is 16.8 Å². The summed E-state index contributed by atoms with van der Waals surface area (Å²) in [6.07, 6.45) is 2.18. The number of fused-ring (bicyclic) bond motifs is 1. The Balaban J connectivity index is 1.41. The normalized spacial score (nSPS) is 17.3. The molecule has 2 heterocycles. The fourth-order valence-electron chi connectivity index (χ4n) is 5.72. The van der Waals surface area contributed by atoms with E-state index in [0.29, 0.717) is 29.5 Å². The van der Waals surface area contributed by atoms with Crippen molar-refractivity contribution in [2.24, 2.45) is 17.8 Å². The summed E-state index contributed by atoms with van der Waals surface area (Å²) in [5.74, 6) is -0.647. The molecule has 0 radical (unpaired) electrons. The molecule has 0 aliphatic heterocycles. The molecule has 3 atom stereocenters. The average Bonchev–Trinajstić information content (AvgIpc) is 3.67. The molecule has 1 saturated carbocycles. The van der Waals surface area contributed by atoms with E-state index in [1.54, 1.807) is 60.6 Å². The molecule has 2 aromatic heterocycles. The van der Waals surface area contributed by atoms with Crippen LogP contribution in [0.15, 0.2) is 61.1 Å². The Kier molecular flexibility index (Phi) is 10.5. The van der Waals surface area contributed by atoms with Gasteiger partial charge >= 0.3 is 12.2 Å². The highest BCUT2D eigenvalue weighted by atomic mass is 35.5. The second kappa shape index (κ2) is 14.3. The Morgan fingerprint density at radius 2 is 1.58 bits per heavy atom. The Hall–Kier alpha value is -4.61. The van der Waals surface area contributed by atoms with Gasteiger partial charge in [-0.2, -0.15) is 4.90 Å². The Morgan fingerprint density at radius 3 is 2.20 bits per heavy atom. The van der Waals surface area contributed by atoms with Crippen LogP contribution in [0.2, 0.25) is 5.02 Å². The zero-order valence-electron chi connectivity index (χ0n) is 29.5. The van der Waals surface area contributed by atoms with Crippen molar-refractivity contribution in [3.05, 3.63) is 83.0 Å². The first kappa shape index (κ1) is 36.7. The third kappa shape index (κ3) is 8.39. The Labute approximate surface area is 296 Å². The molecular weight excluding hydrogens is 663 g/mol. The first-order valence-corrected chi connectivity index (χ1v) is 16.7. The first-order chi connectivity index (χ1) is 23.4. The maximum atomic E-state index is 15.9. The SMILES string of the molecule is Cc1c(-c2cc3cc(NC(=O)C4C(C)C4COCc4ccccc4)ncc3c(Cl)c2F)cncc1N(C(=O)OC(C)(C)C)C(=O)OC(C)(C)C. The highest BCUT2D eigenvalue weighted by Crippen LogP contribution is 2.47. The van der Waals surface area contributed by atoms with Crippen LogP contribution >= 0.6 is 11.6 Å². The minimum atomic E-state index is -0.979. The summed E-state index contributed by atoms with van der Waals surface area (Å²) in [4.78, 5) is 49.2. The van der Waals surface area contributed by atoms with Crippen LogP contribution in [0.5, 0.6) is 0 Å². The van der Waals surface area contributed by atoms with Crippen molar-refractivity contribution in [3.63, 3.8) is 0 Å². The number of pyridine rings is 2. The number of aromatic nitrogens is 2. The van der Waals surface area contributed by atoms with E-state index in [4.69, 9.17) is 25.8 Å². The zero-order chi connectivity index (χ0) is 36.5. The van der Waals surface area contributed by atoms with Gasteiger partial charge in [0.05, 0.1) is 30.1 Å². The summed E-state index contributed by atoms with van der Waals surface area (Å²) in [5.41, 5.74) is -0.0561. The molecule has 1 aliphatic carbocycles. The van der Waals surface area contributed by atoms with Crippen LogP contribution in [-0.4, -0.2) is 45.9 Å². The molecule has 3 amide bonds. The summed E-state index contributed by atoms with van der Waals surface area (Å²) >= 11 is 6.54. The zero-order valence-corrected chi connectivity index (χ0v) is 30.2. The average molecular weight is 705 g/mol. The van der Waals surface area contributed by atoms with Gasteiger partial charge in [-0.15, -0.1) is 0 Å². The number of hydrogen-bond acceptors (Lipinski definition) is 8. The van der Waals surface area contributed by atoms with E-state index < -0.39 is 29.2 Å². The smallest absolute Gasteiger partial charge is 0.424 e. The van der Waals surface area contributed by atoms with E-state index in [1.165, 1.54) is 18.6 Å². The molecule has 1 N–H and O–H groups in total. The maximum absolute atomic E-state index is 15.9. The molecule has 0 saturated heterocycles. The van der Waals surface area contributed by atoms with E-state index >= 15 is 4.39 Å². The van der Waals surface area contributed by atoms with Crippen molar-refractivity contribution in [2.45, 2.75) is 73.2 Å². The second-order valence-electron chi connectivity index (χ2n) is 14.5. The number of carbonyl (C=O) groups is 3. The van der Waals surface area contributed by atoms with Gasteiger partial charge in [-0.05, 0) is 88.9 Å². The highest BCUT2D eigenvalue weighted by Gasteiger charge is 2.51. The topological polar surface area (TPSA) is 120 Å². The van der Waals surface area contributed by atoms with Crippen molar-refractivity contribution in [1.29, 1.82) is 0 Å². The fraction of sp³-hybridized carbons (Fsp3) is 0.395. The molecule has 12 heteroatoms. The standard InChI is InChI=1S/C38H42ClFN4O6/c1-21-26(16-41-18-29(21)44(35(46)49-37(3,4)5)36(47)50-38(6,7)8)25-14-24-15-30(42-17-27(24)32(39)33(25)40)43-34(45)31-22(2)28(31)20-48-19-23-12-10-9-11-13-23/h9-18,22,28,31H,19-20H2,1-8H3,(H,42,43,45). The number of nitrogens with zero attached hydrogens (tertiary/aromatic N) is 3. The number of carbonyl (C=O) groups excluding carboxylic acids is 3. The predicted octanol–water partition coefficient (Wildman–Crippen LogP) is 9.11. The minimum Gasteiger partial charge on any atom is -0.443 e. The van der Waals surface area contributed by atoms with Crippen LogP contribution in [0.25, 0.3) is 21.9 Å². The van der Waals surface area contributed by atoms with E-state index in [1.807, 2.05) is 37.3 Å². The van der Waals surface area contributed by atoms with E-state index in [-0.39, 0.29) is 51.3 Å². The quantitative estimate of drug-likeness (QED) is 0.193. The third-order valence-corrected chi connectivity index (χ3v) is 8.68. The summed E-state index contributed by atoms with van der Waals surface area (Å²) in [7, 11) is 0. The van der Waals surface area contributed by atoms with Crippen LogP contribution in [0.4, 0.5) is 25.5 Å². The van der Waals surface area contributed by atoms with Gasteiger partial charge in [-0.1, -0.05) is 48.9 Å². The van der Waals surface area contributed by atoms with Crippen molar-refractivity contribution >= 4 is 52.0 Å². The van der Waals surface area contributed by atoms with Gasteiger partial charge < -0.3 is 19.5 Å². The maximum Gasteiger partial charge on any atom is 0.424 e. The lowest BCUT2D eigenvalue weighted by atomic mass is 9.98. The van der Waals surface area contributed by atoms with Crippen molar-refractivity contribution in [3.8, 4) is 11.1 Å². The molecule has 50 heavy (non-hydrogen) atoms. The van der Waals surface area contributed by atoms with Crippen molar-refractivity contribution < 1.29 is 33.0 Å². The Morgan fingerprint density at radius 1 is 0.940 bits per heavy atom. The number of nitrogens with one attached hydrogen (secondary N) is 1. The van der Waals surface area contributed by atoms with Gasteiger partial charge in [0, 0.05) is 34.8 Å². The van der Waals surface area contributed by atoms with Gasteiger partial charge in [0.25, 0.3) is 0 Å². The molecule has 264 valence electrons. The molecule has 1 aliphatic rings. The van der Waals surface area contributed by atoms with Gasteiger partial charge in [-0.25, -0.2) is 19.0 Å². The summed E-state index contributed by atoms with van der Waals surface area (Å²) < 4.78 is 32.9. The molecule has 0 spiro atoms. The number of amides is 3. The summed E-state index contributed by atoms with van der Waals surface area (Å²) in [6, 6.07) is 13.0. The number of halogens is 2. The molecule has 5 rings (SSSR count). The van der Waals surface area contributed by atoms with Crippen molar-refractivity contribution in [1.82, 2.24) is 9.97 Å². The molecule has 2 aromatic carbocycles. The number of imide groups is 1. The largest absolute Gasteiger partial charge is 0.443 e. The van der Waals surface area contributed by atoms with Crippen LogP contribution < -0.4 is 10.2 Å². The van der Waals surface area contributed by atoms with Gasteiger partial charge in [-0.3, -0.25) is 9.78 Å². The van der Waals surface area contributed by atoms with E-state index in [9.17, 15) is 14.4 Å². The van der Waals surface area contributed by atoms with Crippen LogP contribution in [-0.2, 0) is 25.6 Å². The van der Waals surface area contributed by atoms with Gasteiger partial charge in [0.1, 0.15) is 22.8 Å². The van der Waals surface area contributed by atoms with Gasteiger partial charge in [0.15, 0.2) is 0 Å². The highest BCUT2D eigenvalue weighted by molar-refractivity contribution is 6.36. The molecular formula is C38H42ClFN4O6.